The van der Waals surface area contributed by atoms with Crippen molar-refractivity contribution in [1.82, 2.24) is 15.0 Å². The lowest BCUT2D eigenvalue weighted by atomic mass is 10.3. The average molecular weight is 278 g/mol. The third kappa shape index (κ3) is 3.89. The van der Waals surface area contributed by atoms with Crippen LogP contribution in [0.25, 0.3) is 0 Å². The van der Waals surface area contributed by atoms with Crippen LogP contribution in [0.2, 0.25) is 0 Å². The van der Waals surface area contributed by atoms with Gasteiger partial charge < -0.3 is 4.74 Å². The lowest BCUT2D eigenvalue weighted by Crippen LogP contribution is -2.10. The van der Waals surface area contributed by atoms with E-state index in [4.69, 9.17) is 16.3 Å². The van der Waals surface area contributed by atoms with Crippen molar-refractivity contribution >= 4 is 29.3 Å². The number of hydrogen-bond donors (Lipinski definition) is 0. The van der Waals surface area contributed by atoms with Gasteiger partial charge in [-0.05, 0) is 25.4 Å². The van der Waals surface area contributed by atoms with Crippen LogP contribution in [0.1, 0.15) is 29.5 Å². The monoisotopic (exact) mass is 277 g/mol. The molecule has 0 unspecified atom stereocenters. The maximum atomic E-state index is 11.6. The van der Waals surface area contributed by atoms with Gasteiger partial charge in [0.05, 0.1) is 18.2 Å². The molecule has 0 spiro atoms. The van der Waals surface area contributed by atoms with E-state index in [1.165, 1.54) is 0 Å². The Morgan fingerprint density at radius 3 is 2.94 bits per heavy atom. The van der Waals surface area contributed by atoms with Gasteiger partial charge in [0.15, 0.2) is 5.69 Å². The first-order valence-electron chi connectivity index (χ1n) is 5.39. The Hall–Kier alpha value is -0.750. The van der Waals surface area contributed by atoms with E-state index in [1.54, 1.807) is 23.4 Å². The minimum absolute atomic E-state index is 0.209. The molecule has 0 aromatic carbocycles. The Kier molecular flexibility index (Phi) is 6.36. The van der Waals surface area contributed by atoms with Gasteiger partial charge in [0.1, 0.15) is 0 Å². The molecule has 0 bridgehead atoms. The minimum Gasteiger partial charge on any atom is -0.461 e. The van der Waals surface area contributed by atoms with Crippen molar-refractivity contribution in [2.24, 2.45) is 0 Å². The highest BCUT2D eigenvalue weighted by molar-refractivity contribution is 7.98. The summed E-state index contributed by atoms with van der Waals surface area (Å²) in [7, 11) is 0. The van der Waals surface area contributed by atoms with Crippen LogP contribution < -0.4 is 0 Å². The van der Waals surface area contributed by atoms with Crippen molar-refractivity contribution in [3.05, 3.63) is 11.4 Å². The molecule has 5 nitrogen and oxygen atoms in total. The third-order valence-corrected chi connectivity index (χ3v) is 3.10. The summed E-state index contributed by atoms with van der Waals surface area (Å²) in [5.41, 5.74) is 0.859. The summed E-state index contributed by atoms with van der Waals surface area (Å²) in [6.07, 6.45) is 3.02. The first-order chi connectivity index (χ1) is 8.24. The quantitative estimate of drug-likeness (QED) is 0.433. The van der Waals surface area contributed by atoms with Crippen LogP contribution in [0.15, 0.2) is 0 Å². The zero-order valence-corrected chi connectivity index (χ0v) is 11.6. The molecule has 1 heterocycles. The second-order valence-corrected chi connectivity index (χ2v) is 4.56. The normalized spacial score (nSPS) is 10.5. The molecule has 96 valence electrons. The van der Waals surface area contributed by atoms with Crippen LogP contribution in [0.4, 0.5) is 0 Å². The second kappa shape index (κ2) is 7.55. The summed E-state index contributed by atoms with van der Waals surface area (Å²) in [5, 5.41) is 7.77. The Morgan fingerprint density at radius 1 is 1.59 bits per heavy atom. The van der Waals surface area contributed by atoms with Gasteiger partial charge in [0.2, 0.25) is 0 Å². The van der Waals surface area contributed by atoms with Crippen molar-refractivity contribution in [2.45, 2.75) is 25.8 Å². The largest absolute Gasteiger partial charge is 0.461 e. The molecule has 0 radical (unpaired) electrons. The van der Waals surface area contributed by atoms with Gasteiger partial charge in [-0.25, -0.2) is 9.48 Å². The summed E-state index contributed by atoms with van der Waals surface area (Å²) in [4.78, 5) is 11.6. The number of thioether (sulfide) groups is 1. The van der Waals surface area contributed by atoms with Crippen LogP contribution in [0.3, 0.4) is 0 Å². The van der Waals surface area contributed by atoms with E-state index in [0.29, 0.717) is 12.3 Å². The van der Waals surface area contributed by atoms with Crippen LogP contribution in [-0.2, 0) is 17.2 Å². The van der Waals surface area contributed by atoms with Crippen molar-refractivity contribution in [3.8, 4) is 0 Å². The fraction of sp³-hybridized carbons (Fsp3) is 0.700. The summed E-state index contributed by atoms with van der Waals surface area (Å²) >= 11 is 7.59. The highest BCUT2D eigenvalue weighted by atomic mass is 35.5. The highest BCUT2D eigenvalue weighted by Gasteiger charge is 2.19. The number of aryl methyl sites for hydroxylation is 1. The predicted molar refractivity (Wildman–Crippen MR) is 68.5 cm³/mol. The molecule has 1 aromatic rings. The first-order valence-corrected chi connectivity index (χ1v) is 7.31. The van der Waals surface area contributed by atoms with Gasteiger partial charge in [-0.2, -0.15) is 11.8 Å². The summed E-state index contributed by atoms with van der Waals surface area (Å²) in [6, 6.07) is 0. The maximum absolute atomic E-state index is 11.6. The van der Waals surface area contributed by atoms with Crippen LogP contribution in [-0.4, -0.2) is 39.6 Å². The number of aromatic nitrogens is 3. The smallest absolute Gasteiger partial charge is 0.360 e. The lowest BCUT2D eigenvalue weighted by molar-refractivity contribution is 0.0518. The van der Waals surface area contributed by atoms with E-state index >= 15 is 0 Å². The van der Waals surface area contributed by atoms with Crippen molar-refractivity contribution in [2.75, 3.05) is 18.6 Å². The van der Waals surface area contributed by atoms with Gasteiger partial charge in [-0.3, -0.25) is 0 Å². The molecule has 0 aliphatic rings. The Bertz CT molecular complexity index is 370. The molecule has 7 heteroatoms. The Labute approximate surface area is 110 Å². The molecule has 1 rings (SSSR count). The van der Waals surface area contributed by atoms with Gasteiger partial charge in [0.25, 0.3) is 0 Å². The Morgan fingerprint density at radius 2 is 2.35 bits per heavy atom. The molecule has 0 aliphatic heterocycles. The molecule has 0 saturated heterocycles. The number of carbonyl (C=O) groups is 1. The van der Waals surface area contributed by atoms with Crippen molar-refractivity contribution < 1.29 is 9.53 Å². The molecule has 0 N–H and O–H groups in total. The van der Waals surface area contributed by atoms with Crippen molar-refractivity contribution in [3.63, 3.8) is 0 Å². The standard InChI is InChI=1S/C10H16ClN3O2S/c1-3-16-10(15)9-8(7-11)14(13-12-9)5-4-6-17-2/h3-7H2,1-2H3. The van der Waals surface area contributed by atoms with E-state index in [0.717, 1.165) is 18.7 Å². The molecule has 0 amide bonds. The number of ether oxygens (including phenoxy) is 1. The molecule has 0 saturated carbocycles. The van der Waals surface area contributed by atoms with Gasteiger partial charge in [0, 0.05) is 6.54 Å². The maximum Gasteiger partial charge on any atom is 0.360 e. The molecule has 17 heavy (non-hydrogen) atoms. The van der Waals surface area contributed by atoms with Gasteiger partial charge in [-0.1, -0.05) is 5.21 Å². The van der Waals surface area contributed by atoms with E-state index in [-0.39, 0.29) is 11.6 Å². The highest BCUT2D eigenvalue weighted by Crippen LogP contribution is 2.11. The number of carbonyl (C=O) groups excluding carboxylic acids is 1. The number of hydrogen-bond acceptors (Lipinski definition) is 5. The topological polar surface area (TPSA) is 57.0 Å². The number of nitrogens with zero attached hydrogens (tertiary/aromatic N) is 3. The van der Waals surface area contributed by atoms with Crippen LogP contribution >= 0.6 is 23.4 Å². The molecular formula is C10H16ClN3O2S. The zero-order valence-electron chi connectivity index (χ0n) is 9.98. The van der Waals surface area contributed by atoms with Gasteiger partial charge >= 0.3 is 5.97 Å². The van der Waals surface area contributed by atoms with Crippen molar-refractivity contribution in [1.29, 1.82) is 0 Å². The average Bonchev–Trinajstić information content (AvgIpc) is 2.73. The molecule has 0 atom stereocenters. The Balaban J connectivity index is 2.76. The fourth-order valence-corrected chi connectivity index (χ4v) is 2.04. The number of rotatable bonds is 7. The summed E-state index contributed by atoms with van der Waals surface area (Å²) in [6.45, 7) is 2.79. The molecule has 0 aliphatic carbocycles. The van der Waals surface area contributed by atoms with E-state index in [1.807, 2.05) is 6.26 Å². The lowest BCUT2D eigenvalue weighted by Gasteiger charge is -2.04. The summed E-state index contributed by atoms with van der Waals surface area (Å²) in [5.74, 6) is 0.788. The predicted octanol–water partition coefficient (Wildman–Crippen LogP) is 1.95. The van der Waals surface area contributed by atoms with Crippen LogP contribution in [0.5, 0.6) is 0 Å². The minimum atomic E-state index is -0.459. The zero-order chi connectivity index (χ0) is 12.7. The second-order valence-electron chi connectivity index (χ2n) is 3.31. The number of halogens is 1. The molecule has 0 fully saturated rings. The van der Waals surface area contributed by atoms with E-state index in [2.05, 4.69) is 10.3 Å². The third-order valence-electron chi connectivity index (χ3n) is 2.15. The SMILES string of the molecule is CCOC(=O)c1nnn(CCCSC)c1CCl. The van der Waals surface area contributed by atoms with E-state index in [9.17, 15) is 4.79 Å². The molecular weight excluding hydrogens is 262 g/mol. The summed E-state index contributed by atoms with van der Waals surface area (Å²) < 4.78 is 6.57. The van der Waals surface area contributed by atoms with Gasteiger partial charge in [-0.15, -0.1) is 16.7 Å². The number of alkyl halides is 1. The van der Waals surface area contributed by atoms with E-state index < -0.39 is 5.97 Å². The fourth-order valence-electron chi connectivity index (χ4n) is 1.36. The molecule has 1 aromatic heterocycles. The van der Waals surface area contributed by atoms with Crippen LogP contribution in [0, 0.1) is 0 Å². The first kappa shape index (κ1) is 14.3. The number of esters is 1.